The van der Waals surface area contributed by atoms with Gasteiger partial charge in [-0.25, -0.2) is 4.90 Å². The Bertz CT molecular complexity index is 730. The molecule has 2 aromatic rings. The Morgan fingerprint density at radius 1 is 1.09 bits per heavy atom. The van der Waals surface area contributed by atoms with Crippen LogP contribution < -0.4 is 4.90 Å². The van der Waals surface area contributed by atoms with E-state index in [9.17, 15) is 9.59 Å². The summed E-state index contributed by atoms with van der Waals surface area (Å²) in [6, 6.07) is 14.8. The molecular weight excluding hydrogens is 318 g/mol. The zero-order chi connectivity index (χ0) is 15.7. The summed E-state index contributed by atoms with van der Waals surface area (Å²) in [5.74, 6) is -0.411. The number of amides is 2. The van der Waals surface area contributed by atoms with Crippen molar-refractivity contribution in [2.45, 2.75) is 23.5 Å². The molecule has 0 saturated carbocycles. The van der Waals surface area contributed by atoms with Gasteiger partial charge in [-0.15, -0.1) is 11.8 Å². The van der Waals surface area contributed by atoms with Gasteiger partial charge in [-0.05, 0) is 31.2 Å². The lowest BCUT2D eigenvalue weighted by Gasteiger charge is -2.16. The molecule has 0 aliphatic carbocycles. The number of imide groups is 1. The molecule has 3 rings (SSSR count). The standard InChI is InChI=1S/C17H14ClNO2S/c1-11-6-8-12(9-7-11)22-15-10-16(20)19(17(15)21)14-5-3-2-4-13(14)18/h2-9,15H,10H2,1H3. The predicted octanol–water partition coefficient (Wildman–Crippen LogP) is 4.07. The van der Waals surface area contributed by atoms with E-state index in [0.717, 1.165) is 10.5 Å². The van der Waals surface area contributed by atoms with Crippen molar-refractivity contribution in [2.24, 2.45) is 0 Å². The van der Waals surface area contributed by atoms with Gasteiger partial charge >= 0.3 is 0 Å². The molecule has 0 spiro atoms. The zero-order valence-electron chi connectivity index (χ0n) is 12.0. The Kier molecular flexibility index (Phi) is 4.23. The molecule has 112 valence electrons. The topological polar surface area (TPSA) is 37.4 Å². The summed E-state index contributed by atoms with van der Waals surface area (Å²) in [6.45, 7) is 2.01. The number of benzene rings is 2. The Labute approximate surface area is 138 Å². The highest BCUT2D eigenvalue weighted by molar-refractivity contribution is 8.00. The highest BCUT2D eigenvalue weighted by Crippen LogP contribution is 2.36. The normalized spacial score (nSPS) is 18.1. The van der Waals surface area contributed by atoms with Gasteiger partial charge < -0.3 is 0 Å². The van der Waals surface area contributed by atoms with Crippen molar-refractivity contribution in [3.63, 3.8) is 0 Å². The molecule has 22 heavy (non-hydrogen) atoms. The minimum atomic E-state index is -0.397. The number of hydrogen-bond acceptors (Lipinski definition) is 3. The first-order valence-electron chi connectivity index (χ1n) is 6.91. The summed E-state index contributed by atoms with van der Waals surface area (Å²) in [4.78, 5) is 27.0. The van der Waals surface area contributed by atoms with Crippen LogP contribution in [0, 0.1) is 6.92 Å². The number of thioether (sulfide) groups is 1. The molecule has 0 bridgehead atoms. The Balaban J connectivity index is 1.82. The summed E-state index contributed by atoms with van der Waals surface area (Å²) in [7, 11) is 0. The van der Waals surface area contributed by atoms with Crippen molar-refractivity contribution in [3.8, 4) is 0 Å². The Morgan fingerprint density at radius 3 is 2.45 bits per heavy atom. The van der Waals surface area contributed by atoms with E-state index in [0.29, 0.717) is 10.7 Å². The van der Waals surface area contributed by atoms with E-state index < -0.39 is 5.25 Å². The number of aryl methyl sites for hydroxylation is 1. The first kappa shape index (κ1) is 15.1. The van der Waals surface area contributed by atoms with Crippen LogP contribution in [0.15, 0.2) is 53.4 Å². The highest BCUT2D eigenvalue weighted by atomic mass is 35.5. The van der Waals surface area contributed by atoms with Crippen LogP contribution in [0.3, 0.4) is 0 Å². The molecule has 1 atom stereocenters. The Morgan fingerprint density at radius 2 is 1.77 bits per heavy atom. The summed E-state index contributed by atoms with van der Waals surface area (Å²) in [6.07, 6.45) is 0.197. The minimum absolute atomic E-state index is 0.197. The summed E-state index contributed by atoms with van der Waals surface area (Å²) in [5, 5.41) is 0.0108. The number of halogens is 1. The molecule has 3 nitrogen and oxygen atoms in total. The van der Waals surface area contributed by atoms with Gasteiger partial charge in [-0.2, -0.15) is 0 Å². The van der Waals surface area contributed by atoms with Crippen LogP contribution in [-0.4, -0.2) is 17.1 Å². The largest absolute Gasteiger partial charge is 0.274 e. The fourth-order valence-corrected chi connectivity index (χ4v) is 3.64. The smallest absolute Gasteiger partial charge is 0.247 e. The van der Waals surface area contributed by atoms with Crippen molar-refractivity contribution < 1.29 is 9.59 Å². The number of para-hydroxylation sites is 1. The van der Waals surface area contributed by atoms with Crippen molar-refractivity contribution in [1.29, 1.82) is 0 Å². The SMILES string of the molecule is Cc1ccc(SC2CC(=O)N(c3ccccc3Cl)C2=O)cc1. The highest BCUT2D eigenvalue weighted by Gasteiger charge is 2.40. The van der Waals surface area contributed by atoms with Gasteiger partial charge in [-0.3, -0.25) is 9.59 Å². The zero-order valence-corrected chi connectivity index (χ0v) is 13.5. The number of carbonyl (C=O) groups excluding carboxylic acids is 2. The molecule has 1 saturated heterocycles. The van der Waals surface area contributed by atoms with Gasteiger partial charge in [0.2, 0.25) is 11.8 Å². The maximum atomic E-state index is 12.6. The van der Waals surface area contributed by atoms with Crippen LogP contribution in [0.2, 0.25) is 5.02 Å². The van der Waals surface area contributed by atoms with Gasteiger partial charge in [-0.1, -0.05) is 41.4 Å². The van der Waals surface area contributed by atoms with Crippen molar-refractivity contribution >= 4 is 40.9 Å². The van der Waals surface area contributed by atoms with Gasteiger partial charge in [0.25, 0.3) is 0 Å². The third-order valence-corrected chi connectivity index (χ3v) is 5.01. The van der Waals surface area contributed by atoms with Crippen LogP contribution in [0.1, 0.15) is 12.0 Å². The molecule has 1 aliphatic rings. The van der Waals surface area contributed by atoms with Crippen molar-refractivity contribution in [1.82, 2.24) is 0 Å². The molecule has 2 amide bonds. The fourth-order valence-electron chi connectivity index (χ4n) is 2.36. The second-order valence-electron chi connectivity index (χ2n) is 5.14. The van der Waals surface area contributed by atoms with E-state index >= 15 is 0 Å². The lowest BCUT2D eigenvalue weighted by atomic mass is 10.2. The lowest BCUT2D eigenvalue weighted by molar-refractivity contribution is -0.121. The number of anilines is 1. The third-order valence-electron chi connectivity index (χ3n) is 3.50. The van der Waals surface area contributed by atoms with E-state index in [-0.39, 0.29) is 18.2 Å². The van der Waals surface area contributed by atoms with Crippen LogP contribution >= 0.6 is 23.4 Å². The number of rotatable bonds is 3. The van der Waals surface area contributed by atoms with Gasteiger partial charge in [0.05, 0.1) is 16.0 Å². The number of hydrogen-bond donors (Lipinski definition) is 0. The molecule has 2 aromatic carbocycles. The van der Waals surface area contributed by atoms with Crippen LogP contribution in [0.4, 0.5) is 5.69 Å². The van der Waals surface area contributed by atoms with Crippen LogP contribution in [0.5, 0.6) is 0 Å². The molecule has 1 aliphatic heterocycles. The maximum absolute atomic E-state index is 12.6. The van der Waals surface area contributed by atoms with Crippen molar-refractivity contribution in [3.05, 3.63) is 59.1 Å². The molecule has 1 fully saturated rings. The average Bonchev–Trinajstić information content (AvgIpc) is 2.77. The molecule has 1 unspecified atom stereocenters. The maximum Gasteiger partial charge on any atom is 0.247 e. The summed E-state index contributed by atoms with van der Waals surface area (Å²) in [5.41, 5.74) is 1.63. The predicted molar refractivity (Wildman–Crippen MR) is 89.4 cm³/mol. The first-order valence-corrected chi connectivity index (χ1v) is 8.16. The average molecular weight is 332 g/mol. The van der Waals surface area contributed by atoms with Gasteiger partial charge in [0, 0.05) is 11.3 Å². The van der Waals surface area contributed by atoms with Crippen LogP contribution in [-0.2, 0) is 9.59 Å². The first-order chi connectivity index (χ1) is 10.6. The quantitative estimate of drug-likeness (QED) is 0.795. The van der Waals surface area contributed by atoms with E-state index in [2.05, 4.69) is 0 Å². The summed E-state index contributed by atoms with van der Waals surface area (Å²) >= 11 is 7.53. The second kappa shape index (κ2) is 6.15. The molecular formula is C17H14ClNO2S. The van der Waals surface area contributed by atoms with Crippen LogP contribution in [0.25, 0.3) is 0 Å². The molecule has 0 radical (unpaired) electrons. The van der Waals surface area contributed by atoms with E-state index in [1.54, 1.807) is 24.3 Å². The van der Waals surface area contributed by atoms with E-state index in [1.165, 1.54) is 16.7 Å². The van der Waals surface area contributed by atoms with Gasteiger partial charge in [0.15, 0.2) is 0 Å². The minimum Gasteiger partial charge on any atom is -0.274 e. The van der Waals surface area contributed by atoms with E-state index in [1.807, 2.05) is 31.2 Å². The van der Waals surface area contributed by atoms with Gasteiger partial charge in [0.1, 0.15) is 0 Å². The fraction of sp³-hybridized carbons (Fsp3) is 0.176. The van der Waals surface area contributed by atoms with Crippen molar-refractivity contribution in [2.75, 3.05) is 4.90 Å². The molecule has 5 heteroatoms. The van der Waals surface area contributed by atoms with E-state index in [4.69, 9.17) is 11.6 Å². The lowest BCUT2D eigenvalue weighted by Crippen LogP contribution is -2.31. The second-order valence-corrected chi connectivity index (χ2v) is 6.83. The molecule has 0 aromatic heterocycles. The molecule has 0 N–H and O–H groups in total. The Hall–Kier alpha value is -1.78. The number of nitrogens with zero attached hydrogens (tertiary/aromatic N) is 1. The third kappa shape index (κ3) is 2.89. The monoisotopic (exact) mass is 331 g/mol. The summed E-state index contributed by atoms with van der Waals surface area (Å²) < 4.78 is 0. The molecule has 1 heterocycles. The number of carbonyl (C=O) groups is 2.